The van der Waals surface area contributed by atoms with Gasteiger partial charge in [-0.3, -0.25) is 14.5 Å². The van der Waals surface area contributed by atoms with Gasteiger partial charge in [-0.1, -0.05) is 6.42 Å². The second-order valence-corrected chi connectivity index (χ2v) is 7.38. The monoisotopic (exact) mass is 274 g/mol. The molecule has 6 nitrogen and oxygen atoms in total. The number of nitrogens with zero attached hydrogens (tertiary/aromatic N) is 1. The molecule has 2 fully saturated rings. The minimum atomic E-state index is -3.11. The Morgan fingerprint density at radius 3 is 2.44 bits per heavy atom. The molecule has 1 N–H and O–H groups in total. The van der Waals surface area contributed by atoms with Crippen LogP contribution in [0.25, 0.3) is 0 Å². The number of hydrogen-bond donors (Lipinski definition) is 1. The first-order chi connectivity index (χ1) is 8.30. The van der Waals surface area contributed by atoms with E-state index >= 15 is 0 Å². The fourth-order valence-electron chi connectivity index (χ4n) is 2.77. The van der Waals surface area contributed by atoms with Crippen LogP contribution in [-0.2, 0) is 19.4 Å². The lowest BCUT2D eigenvalue weighted by Gasteiger charge is -2.22. The molecule has 1 saturated carbocycles. The highest BCUT2D eigenvalue weighted by Crippen LogP contribution is 2.26. The number of imide groups is 1. The number of carbonyl (C=O) groups excluding carboxylic acids is 2. The van der Waals surface area contributed by atoms with Crippen molar-refractivity contribution in [3.05, 3.63) is 0 Å². The summed E-state index contributed by atoms with van der Waals surface area (Å²) in [5.41, 5.74) is 0. The molecule has 0 aromatic carbocycles. The van der Waals surface area contributed by atoms with Crippen LogP contribution in [0.1, 0.15) is 25.7 Å². The van der Waals surface area contributed by atoms with Gasteiger partial charge in [-0.15, -0.1) is 0 Å². The quantitative estimate of drug-likeness (QED) is 0.688. The molecular weight excluding hydrogens is 256 g/mol. The van der Waals surface area contributed by atoms with Crippen LogP contribution in [0.2, 0.25) is 0 Å². The number of amides is 2. The standard InChI is InChI=1S/C11H18N2O4S/c1-13-10(14)6-8(11(13)15)12-7-4-3-5-9(7)18(2,16)17/h7-9,12H,3-6H2,1-2H3. The molecule has 1 heterocycles. The maximum Gasteiger partial charge on any atom is 0.246 e. The molecule has 0 aromatic rings. The molecule has 2 amide bonds. The molecule has 1 aliphatic heterocycles. The maximum absolute atomic E-state index is 11.8. The molecule has 7 heteroatoms. The van der Waals surface area contributed by atoms with E-state index in [2.05, 4.69) is 5.32 Å². The predicted molar refractivity (Wildman–Crippen MR) is 65.6 cm³/mol. The first kappa shape index (κ1) is 13.5. The van der Waals surface area contributed by atoms with Gasteiger partial charge in [0.05, 0.1) is 17.7 Å². The van der Waals surface area contributed by atoms with E-state index in [9.17, 15) is 18.0 Å². The normalized spacial score (nSPS) is 33.4. The van der Waals surface area contributed by atoms with Gasteiger partial charge in [0.1, 0.15) is 0 Å². The van der Waals surface area contributed by atoms with Gasteiger partial charge >= 0.3 is 0 Å². The van der Waals surface area contributed by atoms with E-state index < -0.39 is 21.1 Å². The summed E-state index contributed by atoms with van der Waals surface area (Å²) in [4.78, 5) is 24.2. The molecule has 2 aliphatic rings. The van der Waals surface area contributed by atoms with E-state index in [1.54, 1.807) is 0 Å². The molecule has 1 aliphatic carbocycles. The first-order valence-corrected chi connectivity index (χ1v) is 8.01. The highest BCUT2D eigenvalue weighted by Gasteiger charge is 2.41. The van der Waals surface area contributed by atoms with Crippen LogP contribution in [0.4, 0.5) is 0 Å². The van der Waals surface area contributed by atoms with Gasteiger partial charge < -0.3 is 5.32 Å². The fourth-order valence-corrected chi connectivity index (χ4v) is 4.18. The summed E-state index contributed by atoms with van der Waals surface area (Å²) in [7, 11) is -1.66. The summed E-state index contributed by atoms with van der Waals surface area (Å²) < 4.78 is 23.3. The number of likely N-dealkylation sites (tertiary alicyclic amines) is 1. The van der Waals surface area contributed by atoms with Crippen molar-refractivity contribution in [2.24, 2.45) is 0 Å². The predicted octanol–water partition coefficient (Wildman–Crippen LogP) is -0.701. The third-order valence-corrected chi connectivity index (χ3v) is 5.46. The molecule has 0 bridgehead atoms. The number of sulfone groups is 1. The van der Waals surface area contributed by atoms with Crippen molar-refractivity contribution in [3.8, 4) is 0 Å². The van der Waals surface area contributed by atoms with Gasteiger partial charge in [-0.05, 0) is 12.8 Å². The Bertz CT molecular complexity index is 473. The minimum absolute atomic E-state index is 0.127. The van der Waals surface area contributed by atoms with Crippen LogP contribution >= 0.6 is 0 Å². The number of hydrogen-bond acceptors (Lipinski definition) is 5. The molecular formula is C11H18N2O4S. The lowest BCUT2D eigenvalue weighted by molar-refractivity contribution is -0.137. The first-order valence-electron chi connectivity index (χ1n) is 6.06. The Morgan fingerprint density at radius 2 is 1.94 bits per heavy atom. The summed E-state index contributed by atoms with van der Waals surface area (Å²) in [6.07, 6.45) is 3.55. The topological polar surface area (TPSA) is 83.6 Å². The van der Waals surface area contributed by atoms with Gasteiger partial charge in [0.2, 0.25) is 11.8 Å². The minimum Gasteiger partial charge on any atom is -0.301 e. The molecule has 0 spiro atoms. The van der Waals surface area contributed by atoms with Crippen LogP contribution in [0, 0.1) is 0 Å². The van der Waals surface area contributed by atoms with Crippen molar-refractivity contribution >= 4 is 21.7 Å². The maximum atomic E-state index is 11.8. The van der Waals surface area contributed by atoms with Crippen LogP contribution in [0.3, 0.4) is 0 Å². The Kier molecular flexibility index (Phi) is 3.46. The molecule has 3 atom stereocenters. The van der Waals surface area contributed by atoms with Gasteiger partial charge in [0, 0.05) is 19.3 Å². The van der Waals surface area contributed by atoms with Gasteiger partial charge in [-0.2, -0.15) is 0 Å². The SMILES string of the molecule is CN1C(=O)CC(NC2CCCC2S(C)(=O)=O)C1=O. The molecule has 18 heavy (non-hydrogen) atoms. The zero-order valence-corrected chi connectivity index (χ0v) is 11.4. The number of carbonyl (C=O) groups is 2. The number of rotatable bonds is 3. The summed E-state index contributed by atoms with van der Waals surface area (Å²) in [5, 5.41) is 2.62. The van der Waals surface area contributed by atoms with Gasteiger partial charge in [0.25, 0.3) is 0 Å². The second kappa shape index (κ2) is 4.62. The lowest BCUT2D eigenvalue weighted by Crippen LogP contribution is -2.48. The van der Waals surface area contributed by atoms with Gasteiger partial charge in [0.15, 0.2) is 9.84 Å². The highest BCUT2D eigenvalue weighted by atomic mass is 32.2. The van der Waals surface area contributed by atoms with E-state index in [-0.39, 0.29) is 24.3 Å². The molecule has 3 unspecified atom stereocenters. The largest absolute Gasteiger partial charge is 0.301 e. The highest BCUT2D eigenvalue weighted by molar-refractivity contribution is 7.91. The Hall–Kier alpha value is -0.950. The summed E-state index contributed by atoms with van der Waals surface area (Å²) in [5.74, 6) is -0.481. The smallest absolute Gasteiger partial charge is 0.246 e. The second-order valence-electron chi connectivity index (χ2n) is 5.12. The van der Waals surface area contributed by atoms with E-state index in [1.807, 2.05) is 0 Å². The molecule has 102 valence electrons. The van der Waals surface area contributed by atoms with E-state index in [1.165, 1.54) is 13.3 Å². The van der Waals surface area contributed by atoms with Crippen LogP contribution in [0.15, 0.2) is 0 Å². The summed E-state index contributed by atoms with van der Waals surface area (Å²) in [6, 6.07) is -0.775. The van der Waals surface area contributed by atoms with Crippen molar-refractivity contribution in [2.75, 3.05) is 13.3 Å². The Morgan fingerprint density at radius 1 is 1.28 bits per heavy atom. The Labute approximate surface area is 107 Å². The van der Waals surface area contributed by atoms with Crippen LogP contribution < -0.4 is 5.32 Å². The van der Waals surface area contributed by atoms with Crippen LogP contribution in [0.5, 0.6) is 0 Å². The van der Waals surface area contributed by atoms with Crippen molar-refractivity contribution in [1.82, 2.24) is 10.2 Å². The average Bonchev–Trinajstić information content (AvgIpc) is 2.81. The third-order valence-electron chi connectivity index (χ3n) is 3.80. The zero-order valence-electron chi connectivity index (χ0n) is 10.5. The molecule has 2 rings (SSSR count). The molecule has 1 saturated heterocycles. The lowest BCUT2D eigenvalue weighted by atomic mass is 10.2. The number of likely N-dealkylation sites (N-methyl/N-ethyl adjacent to an activating group) is 1. The molecule has 0 radical (unpaired) electrons. The fraction of sp³-hybridized carbons (Fsp3) is 0.818. The van der Waals surface area contributed by atoms with Crippen LogP contribution in [-0.4, -0.2) is 55.8 Å². The summed E-state index contributed by atoms with van der Waals surface area (Å²) >= 11 is 0. The van der Waals surface area contributed by atoms with E-state index in [4.69, 9.17) is 0 Å². The van der Waals surface area contributed by atoms with Gasteiger partial charge in [-0.25, -0.2) is 8.42 Å². The average molecular weight is 274 g/mol. The Balaban J connectivity index is 2.06. The molecule has 0 aromatic heterocycles. The zero-order chi connectivity index (χ0) is 13.5. The summed E-state index contributed by atoms with van der Waals surface area (Å²) in [6.45, 7) is 0. The van der Waals surface area contributed by atoms with Crippen molar-refractivity contribution in [1.29, 1.82) is 0 Å². The van der Waals surface area contributed by atoms with E-state index in [0.29, 0.717) is 6.42 Å². The third kappa shape index (κ3) is 2.42. The van der Waals surface area contributed by atoms with Crippen molar-refractivity contribution < 1.29 is 18.0 Å². The van der Waals surface area contributed by atoms with E-state index in [0.717, 1.165) is 17.7 Å². The van der Waals surface area contributed by atoms with Crippen molar-refractivity contribution in [2.45, 2.75) is 43.0 Å². The van der Waals surface area contributed by atoms with Crippen molar-refractivity contribution in [3.63, 3.8) is 0 Å². The number of nitrogens with one attached hydrogen (secondary N) is 1.